The van der Waals surface area contributed by atoms with Gasteiger partial charge in [-0.05, 0) is 53.8 Å². The molecular weight excluding hydrogens is 332 g/mol. The zero-order valence-electron chi connectivity index (χ0n) is 15.3. The summed E-state index contributed by atoms with van der Waals surface area (Å²) in [5.41, 5.74) is 4.55. The van der Waals surface area contributed by atoms with Crippen molar-refractivity contribution < 1.29 is 0 Å². The van der Waals surface area contributed by atoms with Crippen molar-refractivity contribution in [2.24, 2.45) is 10.9 Å². The van der Waals surface area contributed by atoms with Crippen LogP contribution in [-0.2, 0) is 6.54 Å². The third-order valence-electron chi connectivity index (χ3n) is 4.70. The number of benzene rings is 1. The third-order valence-corrected chi connectivity index (χ3v) is 4.70. The van der Waals surface area contributed by atoms with E-state index in [2.05, 4.69) is 46.5 Å². The second-order valence-electron chi connectivity index (χ2n) is 6.81. The van der Waals surface area contributed by atoms with Gasteiger partial charge < -0.3 is 5.32 Å². The molecule has 0 radical (unpaired) electrons. The number of hydrogen-bond acceptors (Lipinski definition) is 4. The van der Waals surface area contributed by atoms with Crippen LogP contribution >= 0.6 is 0 Å². The minimum absolute atomic E-state index is 0.467. The largest absolute Gasteiger partial charge is 0.384 e. The van der Waals surface area contributed by atoms with E-state index in [0.29, 0.717) is 5.92 Å². The summed E-state index contributed by atoms with van der Waals surface area (Å²) in [5.74, 6) is 0.467. The Labute approximate surface area is 159 Å². The standard InChI is InChI=1S/C23H22N4/c1-17-13-21-20(23(14-17)27-16-19-7-11-25-12-8-19)3-2-4-22(21)26-15-18-5-9-24-10-6-18/h2-13,15,17,27H,14,16H2,1H3. The van der Waals surface area contributed by atoms with Gasteiger partial charge in [-0.2, -0.15) is 0 Å². The molecule has 1 aliphatic carbocycles. The van der Waals surface area contributed by atoms with E-state index < -0.39 is 0 Å². The first kappa shape index (κ1) is 17.2. The predicted octanol–water partition coefficient (Wildman–Crippen LogP) is 2.95. The Balaban J connectivity index is 1.69. The molecule has 1 atom stereocenters. The van der Waals surface area contributed by atoms with Crippen LogP contribution < -0.4 is 15.8 Å². The fraction of sp³-hybridized carbons (Fsp3) is 0.174. The fourth-order valence-corrected chi connectivity index (χ4v) is 3.35. The van der Waals surface area contributed by atoms with Gasteiger partial charge in [0.15, 0.2) is 0 Å². The molecule has 2 heterocycles. The number of rotatable bonds is 5. The molecular formula is C23H22N4. The van der Waals surface area contributed by atoms with Gasteiger partial charge >= 0.3 is 0 Å². The first-order valence-corrected chi connectivity index (χ1v) is 9.20. The lowest BCUT2D eigenvalue weighted by Crippen LogP contribution is -2.36. The molecule has 0 saturated heterocycles. The van der Waals surface area contributed by atoms with Gasteiger partial charge in [-0.1, -0.05) is 25.1 Å². The topological polar surface area (TPSA) is 50.2 Å². The van der Waals surface area contributed by atoms with Crippen molar-refractivity contribution in [2.45, 2.75) is 19.9 Å². The number of aromatic nitrogens is 2. The molecule has 3 aromatic rings. The molecule has 4 heteroatoms. The number of hydrogen-bond donors (Lipinski definition) is 1. The van der Waals surface area contributed by atoms with Crippen molar-refractivity contribution in [1.29, 1.82) is 0 Å². The van der Waals surface area contributed by atoms with E-state index in [0.717, 1.165) is 24.2 Å². The average molecular weight is 354 g/mol. The van der Waals surface area contributed by atoms with Crippen LogP contribution in [0.5, 0.6) is 0 Å². The Morgan fingerprint density at radius 2 is 1.78 bits per heavy atom. The summed E-state index contributed by atoms with van der Waals surface area (Å²) in [6.45, 7) is 3.05. The molecule has 0 amide bonds. The summed E-state index contributed by atoms with van der Waals surface area (Å²) < 4.78 is 0. The van der Waals surface area contributed by atoms with E-state index in [-0.39, 0.29) is 0 Å². The van der Waals surface area contributed by atoms with Crippen molar-refractivity contribution in [3.63, 3.8) is 0 Å². The Morgan fingerprint density at radius 1 is 1.04 bits per heavy atom. The summed E-state index contributed by atoms with van der Waals surface area (Å²) in [6, 6.07) is 14.3. The maximum atomic E-state index is 4.74. The number of fused-ring (bicyclic) bond motifs is 1. The molecule has 0 spiro atoms. The zero-order chi connectivity index (χ0) is 18.5. The van der Waals surface area contributed by atoms with E-state index in [4.69, 9.17) is 4.99 Å². The monoisotopic (exact) mass is 354 g/mol. The first-order valence-electron chi connectivity index (χ1n) is 9.20. The maximum absolute atomic E-state index is 4.74. The lowest BCUT2D eigenvalue weighted by atomic mass is 9.95. The van der Waals surface area contributed by atoms with Gasteiger partial charge in [0.05, 0.1) is 5.69 Å². The van der Waals surface area contributed by atoms with Crippen LogP contribution in [0.4, 0.5) is 5.69 Å². The summed E-state index contributed by atoms with van der Waals surface area (Å²) in [7, 11) is 0. The van der Waals surface area contributed by atoms with E-state index in [1.54, 1.807) is 12.4 Å². The van der Waals surface area contributed by atoms with E-state index in [1.165, 1.54) is 21.7 Å². The molecule has 0 fully saturated rings. The van der Waals surface area contributed by atoms with Crippen LogP contribution in [0.15, 0.2) is 72.2 Å². The molecule has 1 aliphatic rings. The number of nitrogens with zero attached hydrogens (tertiary/aromatic N) is 3. The van der Waals surface area contributed by atoms with E-state index in [9.17, 15) is 0 Å². The second kappa shape index (κ2) is 7.96. The van der Waals surface area contributed by atoms with Crippen molar-refractivity contribution >= 4 is 23.7 Å². The molecule has 1 aromatic carbocycles. The molecule has 1 unspecified atom stereocenters. The van der Waals surface area contributed by atoms with E-state index >= 15 is 0 Å². The minimum Gasteiger partial charge on any atom is -0.384 e. The van der Waals surface area contributed by atoms with Gasteiger partial charge in [0.2, 0.25) is 0 Å². The van der Waals surface area contributed by atoms with Crippen LogP contribution in [0.25, 0.3) is 11.8 Å². The molecule has 0 bridgehead atoms. The van der Waals surface area contributed by atoms with Crippen LogP contribution in [0, 0.1) is 5.92 Å². The van der Waals surface area contributed by atoms with Crippen LogP contribution in [0.3, 0.4) is 0 Å². The van der Waals surface area contributed by atoms with Crippen LogP contribution in [0.2, 0.25) is 0 Å². The number of pyridine rings is 2. The highest BCUT2D eigenvalue weighted by Crippen LogP contribution is 2.16. The molecule has 2 aromatic heterocycles. The second-order valence-corrected chi connectivity index (χ2v) is 6.81. The maximum Gasteiger partial charge on any atom is 0.0705 e. The average Bonchev–Trinajstić information content (AvgIpc) is 2.72. The predicted molar refractivity (Wildman–Crippen MR) is 110 cm³/mol. The summed E-state index contributed by atoms with van der Waals surface area (Å²) >= 11 is 0. The third kappa shape index (κ3) is 4.11. The van der Waals surface area contributed by atoms with Gasteiger partial charge in [0.25, 0.3) is 0 Å². The van der Waals surface area contributed by atoms with Crippen molar-refractivity contribution in [2.75, 3.05) is 0 Å². The number of aliphatic imine (C=N–C) groups is 1. The summed E-state index contributed by atoms with van der Waals surface area (Å²) in [5, 5.41) is 6.08. The van der Waals surface area contributed by atoms with Crippen molar-refractivity contribution in [3.8, 4) is 0 Å². The molecule has 1 N–H and O–H groups in total. The highest BCUT2D eigenvalue weighted by molar-refractivity contribution is 5.81. The van der Waals surface area contributed by atoms with Crippen LogP contribution in [-0.4, -0.2) is 16.2 Å². The smallest absolute Gasteiger partial charge is 0.0705 e. The minimum atomic E-state index is 0.467. The molecule has 0 aliphatic heterocycles. The molecule has 0 saturated carbocycles. The van der Waals surface area contributed by atoms with Gasteiger partial charge in [-0.3, -0.25) is 15.0 Å². The first-order chi connectivity index (χ1) is 13.3. The summed E-state index contributed by atoms with van der Waals surface area (Å²) in [6.07, 6.45) is 12.5. The highest BCUT2D eigenvalue weighted by atomic mass is 14.9. The SMILES string of the molecule is CC1C=c2c(N=Cc3ccncc3)cccc2=C(NCc2ccncc2)C1. The highest BCUT2D eigenvalue weighted by Gasteiger charge is 2.12. The lowest BCUT2D eigenvalue weighted by Gasteiger charge is -2.19. The van der Waals surface area contributed by atoms with Gasteiger partial charge in [-0.15, -0.1) is 0 Å². The molecule has 4 nitrogen and oxygen atoms in total. The molecule has 134 valence electrons. The van der Waals surface area contributed by atoms with Crippen molar-refractivity contribution in [1.82, 2.24) is 15.3 Å². The molecule has 4 rings (SSSR count). The van der Waals surface area contributed by atoms with Crippen LogP contribution in [0.1, 0.15) is 24.5 Å². The van der Waals surface area contributed by atoms with Gasteiger partial charge in [0, 0.05) is 53.7 Å². The van der Waals surface area contributed by atoms with Gasteiger partial charge in [-0.25, -0.2) is 0 Å². The Hall–Kier alpha value is -3.27. The normalized spacial score (nSPS) is 16.0. The van der Waals surface area contributed by atoms with Crippen molar-refractivity contribution in [3.05, 3.63) is 88.8 Å². The Kier molecular flexibility index (Phi) is 5.06. The summed E-state index contributed by atoms with van der Waals surface area (Å²) in [4.78, 5) is 12.9. The molecule has 27 heavy (non-hydrogen) atoms. The Bertz CT molecular complexity index is 1060. The van der Waals surface area contributed by atoms with Gasteiger partial charge in [0.1, 0.15) is 0 Å². The quantitative estimate of drug-likeness (QED) is 0.717. The zero-order valence-corrected chi connectivity index (χ0v) is 15.3. The lowest BCUT2D eigenvalue weighted by molar-refractivity contribution is 0.727. The Morgan fingerprint density at radius 3 is 2.56 bits per heavy atom. The van der Waals surface area contributed by atoms with E-state index in [1.807, 2.05) is 42.9 Å². The number of nitrogens with one attached hydrogen (secondary N) is 1. The fourth-order valence-electron chi connectivity index (χ4n) is 3.35.